The third-order valence-electron chi connectivity index (χ3n) is 5.60. The third-order valence-corrected chi connectivity index (χ3v) is 7.64. The Bertz CT molecular complexity index is 1270. The molecule has 0 unspecified atom stereocenters. The Morgan fingerprint density at radius 2 is 1.70 bits per heavy atom. The third kappa shape index (κ3) is 4.64. The molecule has 11 heteroatoms. The number of ether oxygens (including phenoxy) is 1. The Morgan fingerprint density at radius 1 is 1.00 bits per heavy atom. The van der Waals surface area contributed by atoms with Crippen molar-refractivity contribution in [3.05, 3.63) is 70.5 Å². The fourth-order valence-corrected chi connectivity index (χ4v) is 5.38. The first-order valence-electron chi connectivity index (χ1n) is 10.3. The van der Waals surface area contributed by atoms with Crippen molar-refractivity contribution in [3.8, 4) is 17.0 Å². The van der Waals surface area contributed by atoms with Gasteiger partial charge in [0.25, 0.3) is 5.69 Å². The average Bonchev–Trinajstić information content (AvgIpc) is 2.84. The first kappa shape index (κ1) is 22.6. The Morgan fingerprint density at radius 3 is 2.33 bits per heavy atom. The predicted octanol–water partition coefficient (Wildman–Crippen LogP) is 2.88. The summed E-state index contributed by atoms with van der Waals surface area (Å²) in [5, 5.41) is 11.1. The molecule has 1 aromatic heterocycles. The SMILES string of the molecule is COc1ccc(-c2cc(N3CCN(S(=O)(=O)c4cc([N+](=O)[O-])ccc4C)CC3)ncn2)cc1. The number of hydrogen-bond acceptors (Lipinski definition) is 8. The zero-order valence-corrected chi connectivity index (χ0v) is 19.0. The number of nitrogens with zero attached hydrogens (tertiary/aromatic N) is 5. The Labute approximate surface area is 191 Å². The van der Waals surface area contributed by atoms with Crippen LogP contribution in [-0.2, 0) is 10.0 Å². The molecule has 33 heavy (non-hydrogen) atoms. The highest BCUT2D eigenvalue weighted by molar-refractivity contribution is 7.89. The van der Waals surface area contributed by atoms with E-state index in [0.717, 1.165) is 23.1 Å². The van der Waals surface area contributed by atoms with E-state index in [0.29, 0.717) is 24.5 Å². The van der Waals surface area contributed by atoms with E-state index in [1.54, 1.807) is 14.0 Å². The van der Waals surface area contributed by atoms with Crippen molar-refractivity contribution in [2.75, 3.05) is 38.2 Å². The average molecular weight is 470 g/mol. The van der Waals surface area contributed by atoms with E-state index in [9.17, 15) is 18.5 Å². The zero-order valence-electron chi connectivity index (χ0n) is 18.2. The van der Waals surface area contributed by atoms with Crippen LogP contribution < -0.4 is 9.64 Å². The van der Waals surface area contributed by atoms with Crippen LogP contribution in [0.5, 0.6) is 5.75 Å². The van der Waals surface area contributed by atoms with Crippen LogP contribution in [0.25, 0.3) is 11.3 Å². The fraction of sp³-hybridized carbons (Fsp3) is 0.273. The van der Waals surface area contributed by atoms with Gasteiger partial charge in [0, 0.05) is 49.9 Å². The van der Waals surface area contributed by atoms with Gasteiger partial charge in [-0.3, -0.25) is 10.1 Å². The molecule has 0 radical (unpaired) electrons. The van der Waals surface area contributed by atoms with Gasteiger partial charge in [-0.15, -0.1) is 0 Å². The van der Waals surface area contributed by atoms with Gasteiger partial charge in [0.1, 0.15) is 17.9 Å². The molecule has 2 heterocycles. The topological polar surface area (TPSA) is 119 Å². The molecule has 2 aromatic carbocycles. The minimum atomic E-state index is -3.85. The molecule has 1 saturated heterocycles. The van der Waals surface area contributed by atoms with Crippen LogP contribution >= 0.6 is 0 Å². The molecule has 1 fully saturated rings. The molecule has 1 aliphatic heterocycles. The van der Waals surface area contributed by atoms with Crippen molar-refractivity contribution in [1.29, 1.82) is 0 Å². The number of nitro groups is 1. The number of non-ortho nitro benzene ring substituents is 1. The van der Waals surface area contributed by atoms with Crippen molar-refractivity contribution < 1.29 is 18.1 Å². The van der Waals surface area contributed by atoms with Crippen LogP contribution in [-0.4, -0.2) is 60.9 Å². The number of aromatic nitrogens is 2. The molecule has 0 spiro atoms. The van der Waals surface area contributed by atoms with E-state index < -0.39 is 14.9 Å². The normalized spacial score (nSPS) is 14.8. The van der Waals surface area contributed by atoms with Gasteiger partial charge >= 0.3 is 0 Å². The van der Waals surface area contributed by atoms with Crippen LogP contribution in [0.2, 0.25) is 0 Å². The van der Waals surface area contributed by atoms with Gasteiger partial charge in [-0.1, -0.05) is 6.07 Å². The maximum Gasteiger partial charge on any atom is 0.270 e. The maximum absolute atomic E-state index is 13.2. The lowest BCUT2D eigenvalue weighted by molar-refractivity contribution is -0.385. The second kappa shape index (κ2) is 9.12. The smallest absolute Gasteiger partial charge is 0.270 e. The lowest BCUT2D eigenvalue weighted by atomic mass is 10.1. The van der Waals surface area contributed by atoms with Crippen molar-refractivity contribution >= 4 is 21.5 Å². The van der Waals surface area contributed by atoms with E-state index >= 15 is 0 Å². The van der Waals surface area contributed by atoms with E-state index in [1.807, 2.05) is 35.2 Å². The molecule has 4 rings (SSSR count). The van der Waals surface area contributed by atoms with Gasteiger partial charge in [-0.25, -0.2) is 18.4 Å². The zero-order chi connectivity index (χ0) is 23.6. The lowest BCUT2D eigenvalue weighted by Crippen LogP contribution is -2.49. The minimum Gasteiger partial charge on any atom is -0.497 e. The summed E-state index contributed by atoms with van der Waals surface area (Å²) in [6, 6.07) is 13.3. The predicted molar refractivity (Wildman–Crippen MR) is 123 cm³/mol. The van der Waals surface area contributed by atoms with Gasteiger partial charge in [-0.2, -0.15) is 4.31 Å². The largest absolute Gasteiger partial charge is 0.497 e. The second-order valence-corrected chi connectivity index (χ2v) is 9.49. The van der Waals surface area contributed by atoms with Crippen molar-refractivity contribution in [1.82, 2.24) is 14.3 Å². The lowest BCUT2D eigenvalue weighted by Gasteiger charge is -2.34. The van der Waals surface area contributed by atoms with E-state index in [-0.39, 0.29) is 23.7 Å². The molecule has 0 aliphatic carbocycles. The first-order chi connectivity index (χ1) is 15.8. The molecule has 3 aromatic rings. The van der Waals surface area contributed by atoms with Crippen LogP contribution in [0, 0.1) is 17.0 Å². The Hall–Kier alpha value is -3.57. The molecule has 172 valence electrons. The van der Waals surface area contributed by atoms with E-state index in [2.05, 4.69) is 9.97 Å². The van der Waals surface area contributed by atoms with Crippen LogP contribution in [0.3, 0.4) is 0 Å². The number of sulfonamides is 1. The summed E-state index contributed by atoms with van der Waals surface area (Å²) < 4.78 is 32.9. The van der Waals surface area contributed by atoms with Gasteiger partial charge in [0.05, 0.1) is 22.6 Å². The van der Waals surface area contributed by atoms with Crippen molar-refractivity contribution in [2.45, 2.75) is 11.8 Å². The minimum absolute atomic E-state index is 0.0334. The summed E-state index contributed by atoms with van der Waals surface area (Å²) in [7, 11) is -2.25. The Kier molecular flexibility index (Phi) is 6.25. The van der Waals surface area contributed by atoms with Gasteiger partial charge < -0.3 is 9.64 Å². The van der Waals surface area contributed by atoms with Gasteiger partial charge in [0.15, 0.2) is 0 Å². The quantitative estimate of drug-likeness (QED) is 0.399. The summed E-state index contributed by atoms with van der Waals surface area (Å²) in [6.45, 7) is 2.99. The Balaban J connectivity index is 1.50. The molecule has 0 saturated carbocycles. The number of hydrogen-bond donors (Lipinski definition) is 0. The standard InChI is InChI=1S/C22H23N5O5S/c1-16-3-6-18(27(28)29)13-21(16)33(30,31)26-11-9-25(10-12-26)22-14-20(23-15-24-22)17-4-7-19(32-2)8-5-17/h3-8,13-15H,9-12H2,1-2H3. The fourth-order valence-electron chi connectivity index (χ4n) is 3.72. The number of methoxy groups -OCH3 is 1. The van der Waals surface area contributed by atoms with Crippen LogP contribution in [0.4, 0.5) is 11.5 Å². The summed E-state index contributed by atoms with van der Waals surface area (Å²) in [5.41, 5.74) is 1.90. The van der Waals surface area contributed by atoms with E-state index in [4.69, 9.17) is 4.74 Å². The molecular formula is C22H23N5O5S. The molecule has 0 bridgehead atoms. The number of piperazine rings is 1. The number of nitro benzene ring substituents is 1. The second-order valence-electron chi connectivity index (χ2n) is 7.59. The highest BCUT2D eigenvalue weighted by atomic mass is 32.2. The molecule has 0 amide bonds. The number of benzene rings is 2. The molecule has 1 aliphatic rings. The first-order valence-corrected chi connectivity index (χ1v) is 11.7. The molecular weight excluding hydrogens is 446 g/mol. The van der Waals surface area contributed by atoms with E-state index in [1.165, 1.54) is 22.8 Å². The summed E-state index contributed by atoms with van der Waals surface area (Å²) in [4.78, 5) is 21.2. The summed E-state index contributed by atoms with van der Waals surface area (Å²) >= 11 is 0. The van der Waals surface area contributed by atoms with Gasteiger partial charge in [-0.05, 0) is 36.8 Å². The highest BCUT2D eigenvalue weighted by Gasteiger charge is 2.31. The van der Waals surface area contributed by atoms with Gasteiger partial charge in [0.2, 0.25) is 10.0 Å². The summed E-state index contributed by atoms with van der Waals surface area (Å²) in [5.74, 6) is 1.46. The maximum atomic E-state index is 13.2. The van der Waals surface area contributed by atoms with Crippen molar-refractivity contribution in [3.63, 3.8) is 0 Å². The number of aryl methyl sites for hydroxylation is 1. The molecule has 0 N–H and O–H groups in total. The van der Waals surface area contributed by atoms with Crippen LogP contribution in [0.15, 0.2) is 59.8 Å². The van der Waals surface area contributed by atoms with Crippen molar-refractivity contribution in [2.24, 2.45) is 0 Å². The number of rotatable bonds is 6. The monoisotopic (exact) mass is 469 g/mol. The van der Waals surface area contributed by atoms with Crippen LogP contribution in [0.1, 0.15) is 5.56 Å². The summed E-state index contributed by atoms with van der Waals surface area (Å²) in [6.07, 6.45) is 1.49. The highest BCUT2D eigenvalue weighted by Crippen LogP contribution is 2.27. The molecule has 0 atom stereocenters. The number of anilines is 1. The molecule has 10 nitrogen and oxygen atoms in total.